The molecule has 0 aliphatic heterocycles. The van der Waals surface area contributed by atoms with Crippen LogP contribution in [-0.2, 0) is 21.4 Å². The Balaban J connectivity index is 1.69. The van der Waals surface area contributed by atoms with Gasteiger partial charge in [0.25, 0.3) is 0 Å². The van der Waals surface area contributed by atoms with Crippen LogP contribution in [0.1, 0.15) is 16.0 Å². The third kappa shape index (κ3) is 4.84. The van der Waals surface area contributed by atoms with E-state index in [1.807, 2.05) is 0 Å². The Kier molecular flexibility index (Phi) is 6.06. The van der Waals surface area contributed by atoms with E-state index in [-0.39, 0.29) is 12.2 Å². The molecular weight excluding hydrogens is 425 g/mol. The Hall–Kier alpha value is -2.69. The van der Waals surface area contributed by atoms with Crippen LogP contribution in [0.3, 0.4) is 0 Å². The number of nitrogens with one attached hydrogen (secondary N) is 2. The molecule has 10 heteroatoms. The average Bonchev–Trinajstić information content (AvgIpc) is 3.39. The van der Waals surface area contributed by atoms with Crippen LogP contribution in [0.2, 0.25) is 0 Å². The average molecular weight is 440 g/mol. The minimum Gasteiger partial charge on any atom is -0.378 e. The topological polar surface area (TPSA) is 78.4 Å². The highest BCUT2D eigenvalue weighted by Crippen LogP contribution is 2.33. The Labute approximate surface area is 171 Å². The van der Waals surface area contributed by atoms with Gasteiger partial charge in [0, 0.05) is 16.1 Å². The van der Waals surface area contributed by atoms with Crippen molar-refractivity contribution in [1.82, 2.24) is 5.32 Å². The van der Waals surface area contributed by atoms with Crippen molar-refractivity contribution >= 4 is 40.2 Å². The lowest BCUT2D eigenvalue weighted by molar-refractivity contribution is -0.137. The molecule has 0 aliphatic rings. The van der Waals surface area contributed by atoms with Gasteiger partial charge >= 0.3 is 18.0 Å². The number of benzene rings is 1. The number of anilines is 1. The van der Waals surface area contributed by atoms with Crippen molar-refractivity contribution in [2.24, 2.45) is 0 Å². The van der Waals surface area contributed by atoms with E-state index in [1.165, 1.54) is 28.7 Å². The van der Waals surface area contributed by atoms with Crippen molar-refractivity contribution in [2.75, 3.05) is 11.9 Å². The molecule has 1 atom stereocenters. The van der Waals surface area contributed by atoms with E-state index in [0.717, 1.165) is 18.2 Å². The minimum atomic E-state index is -4.57. The summed E-state index contributed by atoms with van der Waals surface area (Å²) in [5.74, 6) is -2.21. The van der Waals surface area contributed by atoms with E-state index in [4.69, 9.17) is 0 Å². The van der Waals surface area contributed by atoms with Crippen LogP contribution >= 0.6 is 22.7 Å². The summed E-state index contributed by atoms with van der Waals surface area (Å²) in [4.78, 5) is 24.8. The van der Waals surface area contributed by atoms with Gasteiger partial charge in [0.15, 0.2) is 0 Å². The number of rotatable bonds is 5. The molecule has 152 valence electrons. The summed E-state index contributed by atoms with van der Waals surface area (Å²) < 4.78 is 38.3. The summed E-state index contributed by atoms with van der Waals surface area (Å²) in [5, 5.41) is 20.9. The summed E-state index contributed by atoms with van der Waals surface area (Å²) in [6.45, 7) is -0.279. The highest BCUT2D eigenvalue weighted by molar-refractivity contribution is 7.10. The molecule has 3 aromatic rings. The molecule has 2 aromatic heterocycles. The number of thiophene rings is 2. The molecule has 2 heterocycles. The second-order valence-corrected chi connectivity index (χ2v) is 7.79. The SMILES string of the molecule is O=C(NCC(O)(c1ccsc1)c1cccs1)C(=O)Nc1cccc(C(F)(F)F)c1. The van der Waals surface area contributed by atoms with E-state index in [0.29, 0.717) is 10.4 Å². The number of halogens is 3. The molecule has 29 heavy (non-hydrogen) atoms. The van der Waals surface area contributed by atoms with Gasteiger partial charge in [-0.3, -0.25) is 9.59 Å². The van der Waals surface area contributed by atoms with Crippen LogP contribution in [0, 0.1) is 0 Å². The zero-order valence-electron chi connectivity index (χ0n) is 14.7. The van der Waals surface area contributed by atoms with Gasteiger partial charge in [-0.15, -0.1) is 11.3 Å². The van der Waals surface area contributed by atoms with Crippen molar-refractivity contribution in [2.45, 2.75) is 11.8 Å². The maximum absolute atomic E-state index is 12.8. The molecule has 0 fully saturated rings. The molecule has 3 N–H and O–H groups in total. The Morgan fingerprint density at radius 2 is 1.79 bits per heavy atom. The van der Waals surface area contributed by atoms with Crippen LogP contribution in [0.15, 0.2) is 58.6 Å². The summed E-state index contributed by atoms with van der Waals surface area (Å²) in [7, 11) is 0. The maximum atomic E-state index is 12.8. The lowest BCUT2D eigenvalue weighted by atomic mass is 9.94. The number of hydrogen-bond acceptors (Lipinski definition) is 5. The summed E-state index contributed by atoms with van der Waals surface area (Å²) in [5.41, 5.74) is -2.07. The Bertz CT molecular complexity index is 952. The molecule has 0 saturated carbocycles. The molecule has 0 radical (unpaired) electrons. The number of hydrogen-bond donors (Lipinski definition) is 3. The third-order valence-corrected chi connectivity index (χ3v) is 5.79. The quantitative estimate of drug-likeness (QED) is 0.528. The number of aliphatic hydroxyl groups is 1. The van der Waals surface area contributed by atoms with Gasteiger partial charge in [-0.05, 0) is 46.5 Å². The maximum Gasteiger partial charge on any atom is 0.416 e. The van der Waals surface area contributed by atoms with Crippen molar-refractivity contribution < 1.29 is 27.9 Å². The first-order valence-corrected chi connectivity index (χ1v) is 10.1. The molecule has 0 saturated heterocycles. The third-order valence-electron chi connectivity index (χ3n) is 4.09. The number of alkyl halides is 3. The molecule has 1 unspecified atom stereocenters. The van der Waals surface area contributed by atoms with Crippen LogP contribution in [0.4, 0.5) is 18.9 Å². The van der Waals surface area contributed by atoms with Gasteiger partial charge in [-0.2, -0.15) is 24.5 Å². The smallest absolute Gasteiger partial charge is 0.378 e. The zero-order valence-corrected chi connectivity index (χ0v) is 16.3. The van der Waals surface area contributed by atoms with Gasteiger partial charge in [0.1, 0.15) is 5.60 Å². The molecular formula is C19H15F3N2O3S2. The Morgan fingerprint density at radius 3 is 2.41 bits per heavy atom. The van der Waals surface area contributed by atoms with Gasteiger partial charge in [0.2, 0.25) is 0 Å². The molecule has 0 bridgehead atoms. The van der Waals surface area contributed by atoms with Crippen molar-refractivity contribution in [3.63, 3.8) is 0 Å². The summed E-state index contributed by atoms with van der Waals surface area (Å²) in [6.07, 6.45) is -4.57. The lowest BCUT2D eigenvalue weighted by Gasteiger charge is -2.26. The van der Waals surface area contributed by atoms with E-state index < -0.39 is 29.2 Å². The van der Waals surface area contributed by atoms with Crippen molar-refractivity contribution in [3.8, 4) is 0 Å². The second kappa shape index (κ2) is 8.36. The first-order chi connectivity index (χ1) is 13.7. The first kappa shape index (κ1) is 21.0. The molecule has 3 rings (SSSR count). The predicted octanol–water partition coefficient (Wildman–Crippen LogP) is 3.82. The van der Waals surface area contributed by atoms with E-state index >= 15 is 0 Å². The molecule has 2 amide bonds. The van der Waals surface area contributed by atoms with Crippen molar-refractivity contribution in [3.05, 3.63) is 74.6 Å². The lowest BCUT2D eigenvalue weighted by Crippen LogP contribution is -2.44. The van der Waals surface area contributed by atoms with Crippen LogP contribution in [0.25, 0.3) is 0 Å². The van der Waals surface area contributed by atoms with Gasteiger partial charge in [-0.25, -0.2) is 0 Å². The van der Waals surface area contributed by atoms with E-state index in [2.05, 4.69) is 10.6 Å². The Morgan fingerprint density at radius 1 is 1.00 bits per heavy atom. The monoisotopic (exact) mass is 440 g/mol. The zero-order chi connectivity index (χ0) is 21.1. The summed E-state index contributed by atoms with van der Waals surface area (Å²) >= 11 is 2.66. The van der Waals surface area contributed by atoms with E-state index in [9.17, 15) is 27.9 Å². The first-order valence-electron chi connectivity index (χ1n) is 8.25. The predicted molar refractivity (Wildman–Crippen MR) is 105 cm³/mol. The number of amides is 2. The van der Waals surface area contributed by atoms with Gasteiger partial charge in [-0.1, -0.05) is 12.1 Å². The fraction of sp³-hybridized carbons (Fsp3) is 0.158. The minimum absolute atomic E-state index is 0.161. The fourth-order valence-corrected chi connectivity index (χ4v) is 4.16. The van der Waals surface area contributed by atoms with Gasteiger partial charge in [0.05, 0.1) is 12.1 Å². The largest absolute Gasteiger partial charge is 0.416 e. The second-order valence-electron chi connectivity index (χ2n) is 6.06. The van der Waals surface area contributed by atoms with Crippen LogP contribution < -0.4 is 10.6 Å². The van der Waals surface area contributed by atoms with Crippen molar-refractivity contribution in [1.29, 1.82) is 0 Å². The number of carbonyl (C=O) groups excluding carboxylic acids is 2. The fourth-order valence-electron chi connectivity index (χ4n) is 2.59. The molecule has 1 aromatic carbocycles. The van der Waals surface area contributed by atoms with E-state index in [1.54, 1.807) is 34.3 Å². The summed E-state index contributed by atoms with van der Waals surface area (Å²) in [6, 6.07) is 9.13. The highest BCUT2D eigenvalue weighted by atomic mass is 32.1. The number of carbonyl (C=O) groups is 2. The van der Waals surface area contributed by atoms with Gasteiger partial charge < -0.3 is 15.7 Å². The molecule has 0 aliphatic carbocycles. The molecule has 5 nitrogen and oxygen atoms in total. The standard InChI is InChI=1S/C19H15F3N2O3S2/c20-19(21,22)12-3-1-4-14(9-12)24-17(26)16(25)23-11-18(27,13-6-8-28-10-13)15-5-2-7-29-15/h1-10,27H,11H2,(H,23,25)(H,24,26). The molecule has 0 spiro atoms. The normalized spacial score (nSPS) is 13.5. The van der Waals surface area contributed by atoms with Crippen LogP contribution in [-0.4, -0.2) is 23.5 Å². The van der Waals surface area contributed by atoms with Crippen LogP contribution in [0.5, 0.6) is 0 Å². The highest BCUT2D eigenvalue weighted by Gasteiger charge is 2.34.